The topological polar surface area (TPSA) is 38.9 Å². The average molecular weight is 207 g/mol. The van der Waals surface area contributed by atoms with Crippen LogP contribution in [0.2, 0.25) is 0 Å². The Bertz CT molecular complexity index is 315. The number of pyridine rings is 1. The lowest BCUT2D eigenvalue weighted by molar-refractivity contribution is 0.147. The first-order valence-corrected chi connectivity index (χ1v) is 4.19. The summed E-state index contributed by atoms with van der Waals surface area (Å²) in [4.78, 5) is 3.68. The van der Waals surface area contributed by atoms with Gasteiger partial charge in [0.25, 0.3) is 6.43 Å². The Morgan fingerprint density at radius 1 is 1.62 bits per heavy atom. The summed E-state index contributed by atoms with van der Waals surface area (Å²) in [5.41, 5.74) is 6.18. The van der Waals surface area contributed by atoms with Crippen molar-refractivity contribution in [1.29, 1.82) is 0 Å². The van der Waals surface area contributed by atoms with Crippen molar-refractivity contribution in [3.05, 3.63) is 23.0 Å². The molecule has 1 aromatic rings. The third-order valence-corrected chi connectivity index (χ3v) is 2.02. The highest BCUT2D eigenvalue weighted by molar-refractivity contribution is 6.17. The van der Waals surface area contributed by atoms with Crippen LogP contribution in [0.4, 0.5) is 14.5 Å². The van der Waals surface area contributed by atoms with Gasteiger partial charge in [-0.3, -0.25) is 0 Å². The minimum atomic E-state index is -2.64. The largest absolute Gasteiger partial charge is 0.397 e. The summed E-state index contributed by atoms with van der Waals surface area (Å²) in [6.45, 7) is 1.63. The maximum Gasteiger partial charge on any atom is 0.282 e. The van der Waals surface area contributed by atoms with Crippen LogP contribution in [0.3, 0.4) is 0 Å². The number of halogens is 3. The second kappa shape index (κ2) is 3.87. The Kier molecular flexibility index (Phi) is 3.03. The zero-order valence-corrected chi connectivity index (χ0v) is 7.78. The first-order chi connectivity index (χ1) is 6.06. The maximum atomic E-state index is 12.3. The fourth-order valence-corrected chi connectivity index (χ4v) is 1.26. The van der Waals surface area contributed by atoms with Gasteiger partial charge in [-0.15, -0.1) is 11.6 Å². The van der Waals surface area contributed by atoms with E-state index in [1.54, 1.807) is 6.92 Å². The lowest BCUT2D eigenvalue weighted by atomic mass is 10.2. The number of nitrogens with two attached hydrogens (primary N) is 1. The summed E-state index contributed by atoms with van der Waals surface area (Å²) in [7, 11) is 0. The molecule has 0 aliphatic heterocycles. The standard InChI is InChI=1S/C8H9ClF2N2/c1-4-5(3-9)2-6(12)7(13-4)8(10)11/h2,8H,3,12H2,1H3. The van der Waals surface area contributed by atoms with Gasteiger partial charge in [-0.1, -0.05) is 0 Å². The number of anilines is 1. The number of hydrogen-bond donors (Lipinski definition) is 1. The number of aromatic nitrogens is 1. The Morgan fingerprint density at radius 3 is 2.69 bits per heavy atom. The normalized spacial score (nSPS) is 10.8. The molecule has 72 valence electrons. The SMILES string of the molecule is Cc1nc(C(F)F)c(N)cc1CCl. The molecule has 0 radical (unpaired) electrons. The van der Waals surface area contributed by atoms with Crippen LogP contribution in [-0.4, -0.2) is 4.98 Å². The summed E-state index contributed by atoms with van der Waals surface area (Å²) < 4.78 is 24.5. The van der Waals surface area contributed by atoms with E-state index in [0.29, 0.717) is 11.3 Å². The van der Waals surface area contributed by atoms with E-state index in [1.807, 2.05) is 0 Å². The summed E-state index contributed by atoms with van der Waals surface area (Å²) in [5.74, 6) is 0.229. The molecule has 0 aliphatic rings. The monoisotopic (exact) mass is 206 g/mol. The lowest BCUT2D eigenvalue weighted by Gasteiger charge is -2.07. The lowest BCUT2D eigenvalue weighted by Crippen LogP contribution is -2.02. The number of nitrogen functional groups attached to an aromatic ring is 1. The van der Waals surface area contributed by atoms with E-state index >= 15 is 0 Å². The van der Waals surface area contributed by atoms with Crippen molar-refractivity contribution >= 4 is 17.3 Å². The molecule has 0 bridgehead atoms. The molecule has 0 saturated heterocycles. The first kappa shape index (κ1) is 10.2. The van der Waals surface area contributed by atoms with E-state index in [9.17, 15) is 8.78 Å². The van der Waals surface area contributed by atoms with Crippen molar-refractivity contribution in [3.8, 4) is 0 Å². The van der Waals surface area contributed by atoms with Gasteiger partial charge in [0, 0.05) is 11.6 Å². The number of rotatable bonds is 2. The Labute approximate surface area is 79.7 Å². The van der Waals surface area contributed by atoms with Crippen LogP contribution in [0, 0.1) is 6.92 Å². The van der Waals surface area contributed by atoms with Crippen LogP contribution in [0.15, 0.2) is 6.07 Å². The van der Waals surface area contributed by atoms with Crippen molar-refractivity contribution in [1.82, 2.24) is 4.98 Å². The van der Waals surface area contributed by atoms with E-state index in [4.69, 9.17) is 17.3 Å². The predicted molar refractivity (Wildman–Crippen MR) is 47.9 cm³/mol. The minimum absolute atomic E-state index is 0.00347. The van der Waals surface area contributed by atoms with Crippen LogP contribution in [0.1, 0.15) is 23.4 Å². The van der Waals surface area contributed by atoms with Crippen molar-refractivity contribution in [2.45, 2.75) is 19.2 Å². The molecule has 2 N–H and O–H groups in total. The van der Waals surface area contributed by atoms with Crippen LogP contribution < -0.4 is 5.73 Å². The van der Waals surface area contributed by atoms with Gasteiger partial charge in [-0.05, 0) is 18.6 Å². The van der Waals surface area contributed by atoms with Crippen LogP contribution >= 0.6 is 11.6 Å². The third-order valence-electron chi connectivity index (χ3n) is 1.73. The van der Waals surface area contributed by atoms with Gasteiger partial charge in [-0.25, -0.2) is 13.8 Å². The molecule has 0 aromatic carbocycles. The Morgan fingerprint density at radius 2 is 2.23 bits per heavy atom. The number of aryl methyl sites for hydroxylation is 1. The van der Waals surface area contributed by atoms with Crippen molar-refractivity contribution < 1.29 is 8.78 Å². The highest BCUT2D eigenvalue weighted by atomic mass is 35.5. The summed E-state index contributed by atoms with van der Waals surface area (Å²) in [5, 5.41) is 0. The van der Waals surface area contributed by atoms with Crippen molar-refractivity contribution in [2.24, 2.45) is 0 Å². The number of nitrogens with zero attached hydrogens (tertiary/aromatic N) is 1. The van der Waals surface area contributed by atoms with Gasteiger partial charge in [-0.2, -0.15) is 0 Å². The highest BCUT2D eigenvalue weighted by Gasteiger charge is 2.14. The molecule has 1 rings (SSSR count). The van der Waals surface area contributed by atoms with Gasteiger partial charge < -0.3 is 5.73 Å². The Balaban J connectivity index is 3.20. The highest BCUT2D eigenvalue weighted by Crippen LogP contribution is 2.25. The molecule has 0 unspecified atom stereocenters. The van der Waals surface area contributed by atoms with Crippen LogP contribution in [-0.2, 0) is 5.88 Å². The predicted octanol–water partition coefficient (Wildman–Crippen LogP) is 2.65. The number of hydrogen-bond acceptors (Lipinski definition) is 2. The third kappa shape index (κ3) is 2.06. The molecular weight excluding hydrogens is 198 g/mol. The second-order valence-electron chi connectivity index (χ2n) is 2.64. The zero-order valence-electron chi connectivity index (χ0n) is 7.02. The van der Waals surface area contributed by atoms with Gasteiger partial charge >= 0.3 is 0 Å². The molecule has 0 spiro atoms. The van der Waals surface area contributed by atoms with Gasteiger partial charge in [0.1, 0.15) is 5.69 Å². The quantitative estimate of drug-likeness (QED) is 0.756. The summed E-state index contributed by atoms with van der Waals surface area (Å²) in [6, 6.07) is 1.44. The van der Waals surface area contributed by atoms with Crippen molar-refractivity contribution in [3.63, 3.8) is 0 Å². The average Bonchev–Trinajstić information content (AvgIpc) is 2.07. The molecule has 1 aromatic heterocycles. The number of alkyl halides is 3. The molecule has 0 atom stereocenters. The maximum absolute atomic E-state index is 12.3. The van der Waals surface area contributed by atoms with E-state index in [0.717, 1.165) is 0 Å². The summed E-state index contributed by atoms with van der Waals surface area (Å²) in [6.07, 6.45) is -2.64. The molecule has 1 heterocycles. The van der Waals surface area contributed by atoms with Gasteiger partial charge in [0.15, 0.2) is 0 Å². The molecule has 13 heavy (non-hydrogen) atoms. The Hall–Kier alpha value is -0.900. The fraction of sp³-hybridized carbons (Fsp3) is 0.375. The van der Waals surface area contributed by atoms with Crippen LogP contribution in [0.5, 0.6) is 0 Å². The smallest absolute Gasteiger partial charge is 0.282 e. The van der Waals surface area contributed by atoms with Crippen LogP contribution in [0.25, 0.3) is 0 Å². The zero-order chi connectivity index (χ0) is 10.0. The minimum Gasteiger partial charge on any atom is -0.397 e. The van der Waals surface area contributed by atoms with Gasteiger partial charge in [0.05, 0.1) is 5.69 Å². The van der Waals surface area contributed by atoms with E-state index in [2.05, 4.69) is 4.98 Å². The molecule has 0 aliphatic carbocycles. The molecule has 5 heteroatoms. The molecule has 0 saturated carbocycles. The van der Waals surface area contributed by atoms with E-state index in [-0.39, 0.29) is 17.3 Å². The molecule has 0 amide bonds. The second-order valence-corrected chi connectivity index (χ2v) is 2.91. The summed E-state index contributed by atoms with van der Waals surface area (Å²) >= 11 is 5.55. The molecule has 0 fully saturated rings. The van der Waals surface area contributed by atoms with E-state index in [1.165, 1.54) is 6.07 Å². The fourth-order valence-electron chi connectivity index (χ4n) is 0.993. The van der Waals surface area contributed by atoms with Gasteiger partial charge in [0.2, 0.25) is 0 Å². The molecular formula is C8H9ClF2N2. The van der Waals surface area contributed by atoms with Crippen molar-refractivity contribution in [2.75, 3.05) is 5.73 Å². The van der Waals surface area contributed by atoms with E-state index < -0.39 is 6.43 Å². The molecule has 2 nitrogen and oxygen atoms in total. The first-order valence-electron chi connectivity index (χ1n) is 3.66.